The van der Waals surface area contributed by atoms with Gasteiger partial charge in [-0.2, -0.15) is 5.10 Å². The molecule has 2 aromatic carbocycles. The van der Waals surface area contributed by atoms with Crippen LogP contribution in [-0.2, 0) is 4.79 Å². The second-order valence-electron chi connectivity index (χ2n) is 4.62. The van der Waals surface area contributed by atoms with Crippen LogP contribution in [0, 0.1) is 0 Å². The van der Waals surface area contributed by atoms with Gasteiger partial charge < -0.3 is 14.2 Å². The molecule has 0 fully saturated rings. The summed E-state index contributed by atoms with van der Waals surface area (Å²) in [5, 5.41) is 4.43. The van der Waals surface area contributed by atoms with Crippen molar-refractivity contribution >= 4 is 23.7 Å². The molecular weight excluding hydrogens is 332 g/mol. The number of hydrogen-bond donors (Lipinski definition) is 1. The number of rotatable bonds is 7. The van der Waals surface area contributed by atoms with Gasteiger partial charge in [-0.05, 0) is 30.3 Å². The number of nitrogens with zero attached hydrogens (tertiary/aromatic N) is 1. The highest BCUT2D eigenvalue weighted by molar-refractivity contribution is 6.30. The monoisotopic (exact) mass is 348 g/mol. The fourth-order valence-corrected chi connectivity index (χ4v) is 2.11. The van der Waals surface area contributed by atoms with Crippen LogP contribution in [-0.4, -0.2) is 32.9 Å². The Balaban J connectivity index is 1.91. The van der Waals surface area contributed by atoms with Crippen molar-refractivity contribution in [3.05, 3.63) is 53.1 Å². The summed E-state index contributed by atoms with van der Waals surface area (Å²) in [5.41, 5.74) is 3.05. The fourth-order valence-electron chi connectivity index (χ4n) is 1.93. The van der Waals surface area contributed by atoms with Gasteiger partial charge in [-0.25, -0.2) is 5.43 Å². The number of methoxy groups -OCH3 is 2. The summed E-state index contributed by atoms with van der Waals surface area (Å²) in [7, 11) is 3.08. The summed E-state index contributed by atoms with van der Waals surface area (Å²) in [6.07, 6.45) is 1.47. The third-order valence-electron chi connectivity index (χ3n) is 2.99. The van der Waals surface area contributed by atoms with Crippen LogP contribution in [0.4, 0.5) is 0 Å². The van der Waals surface area contributed by atoms with Gasteiger partial charge in [-0.15, -0.1) is 0 Å². The molecule has 0 spiro atoms. The van der Waals surface area contributed by atoms with E-state index in [4.69, 9.17) is 25.8 Å². The minimum Gasteiger partial charge on any atom is -0.493 e. The molecule has 2 rings (SSSR count). The Morgan fingerprint density at radius 3 is 2.71 bits per heavy atom. The average molecular weight is 349 g/mol. The minimum absolute atomic E-state index is 0.174. The maximum Gasteiger partial charge on any atom is 0.277 e. The minimum atomic E-state index is -0.395. The van der Waals surface area contributed by atoms with Gasteiger partial charge in [0.15, 0.2) is 18.1 Å². The van der Waals surface area contributed by atoms with Gasteiger partial charge in [0.1, 0.15) is 5.75 Å². The maximum atomic E-state index is 11.7. The Hall–Kier alpha value is -2.73. The Morgan fingerprint density at radius 1 is 1.21 bits per heavy atom. The number of carbonyl (C=O) groups excluding carboxylic acids is 1. The second-order valence-corrected chi connectivity index (χ2v) is 5.06. The molecule has 0 aliphatic carbocycles. The number of para-hydroxylation sites is 1. The third kappa shape index (κ3) is 4.89. The van der Waals surface area contributed by atoms with E-state index in [9.17, 15) is 4.79 Å². The third-order valence-corrected chi connectivity index (χ3v) is 3.23. The highest BCUT2D eigenvalue weighted by atomic mass is 35.5. The lowest BCUT2D eigenvalue weighted by atomic mass is 10.2. The molecule has 0 radical (unpaired) electrons. The molecule has 6 nitrogen and oxygen atoms in total. The molecule has 1 amide bonds. The standard InChI is InChI=1S/C17H17ClN2O4/c1-22-15-8-3-5-12(17(15)23-2)10-19-20-16(21)11-24-14-7-4-6-13(18)9-14/h3-10H,11H2,1-2H3,(H,20,21). The van der Waals surface area contributed by atoms with Gasteiger partial charge in [0, 0.05) is 10.6 Å². The van der Waals surface area contributed by atoms with Crippen molar-refractivity contribution in [3.63, 3.8) is 0 Å². The van der Waals surface area contributed by atoms with E-state index in [2.05, 4.69) is 10.5 Å². The zero-order valence-corrected chi connectivity index (χ0v) is 14.0. The zero-order valence-electron chi connectivity index (χ0n) is 13.3. The predicted octanol–water partition coefficient (Wildman–Crippen LogP) is 2.89. The van der Waals surface area contributed by atoms with Crippen molar-refractivity contribution in [1.82, 2.24) is 5.43 Å². The van der Waals surface area contributed by atoms with Crippen molar-refractivity contribution in [1.29, 1.82) is 0 Å². The topological polar surface area (TPSA) is 69.2 Å². The van der Waals surface area contributed by atoms with Crippen LogP contribution < -0.4 is 19.6 Å². The summed E-state index contributed by atoms with van der Waals surface area (Å²) in [6.45, 7) is -0.174. The number of hydrazone groups is 1. The maximum absolute atomic E-state index is 11.7. The van der Waals surface area contributed by atoms with Gasteiger partial charge in [0.2, 0.25) is 0 Å². The number of hydrogen-bond acceptors (Lipinski definition) is 5. The van der Waals surface area contributed by atoms with E-state index in [1.165, 1.54) is 13.3 Å². The Kier molecular flexibility index (Phi) is 6.45. The van der Waals surface area contributed by atoms with Gasteiger partial charge in [-0.3, -0.25) is 4.79 Å². The summed E-state index contributed by atoms with van der Waals surface area (Å²) in [6, 6.07) is 12.2. The number of ether oxygens (including phenoxy) is 3. The first-order valence-electron chi connectivity index (χ1n) is 7.05. The molecule has 0 unspecified atom stereocenters. The van der Waals surface area contributed by atoms with E-state index in [0.29, 0.717) is 27.8 Å². The predicted molar refractivity (Wildman–Crippen MR) is 92.2 cm³/mol. The normalized spacial score (nSPS) is 10.5. The van der Waals surface area contributed by atoms with Crippen LogP contribution >= 0.6 is 11.6 Å². The lowest BCUT2D eigenvalue weighted by Gasteiger charge is -2.09. The van der Waals surface area contributed by atoms with E-state index in [0.717, 1.165) is 0 Å². The number of amides is 1. The van der Waals surface area contributed by atoms with Crippen molar-refractivity contribution in [3.8, 4) is 17.2 Å². The molecule has 7 heteroatoms. The molecule has 0 atom stereocenters. The first-order chi connectivity index (χ1) is 11.6. The first kappa shape index (κ1) is 17.6. The van der Waals surface area contributed by atoms with E-state index in [1.54, 1.807) is 49.6 Å². The van der Waals surface area contributed by atoms with Crippen LogP contribution in [0.2, 0.25) is 5.02 Å². The van der Waals surface area contributed by atoms with E-state index >= 15 is 0 Å². The Morgan fingerprint density at radius 2 is 2.00 bits per heavy atom. The molecule has 0 saturated carbocycles. The molecule has 0 saturated heterocycles. The number of halogens is 1. The molecule has 0 aliphatic rings. The highest BCUT2D eigenvalue weighted by Crippen LogP contribution is 2.29. The van der Waals surface area contributed by atoms with Crippen molar-refractivity contribution in [2.45, 2.75) is 0 Å². The molecule has 126 valence electrons. The van der Waals surface area contributed by atoms with E-state index in [1.807, 2.05) is 0 Å². The quantitative estimate of drug-likeness (QED) is 0.617. The van der Waals surface area contributed by atoms with Gasteiger partial charge in [-0.1, -0.05) is 23.7 Å². The van der Waals surface area contributed by atoms with Gasteiger partial charge in [0.05, 0.1) is 20.4 Å². The van der Waals surface area contributed by atoms with Crippen LogP contribution in [0.5, 0.6) is 17.2 Å². The highest BCUT2D eigenvalue weighted by Gasteiger charge is 2.07. The molecule has 0 aliphatic heterocycles. The largest absolute Gasteiger partial charge is 0.493 e. The molecule has 24 heavy (non-hydrogen) atoms. The molecular formula is C17H17ClN2O4. The number of nitrogens with one attached hydrogen (secondary N) is 1. The molecule has 1 N–H and O–H groups in total. The summed E-state index contributed by atoms with van der Waals surface area (Å²) >= 11 is 5.84. The van der Waals surface area contributed by atoms with Crippen molar-refractivity contribution < 1.29 is 19.0 Å². The fraction of sp³-hybridized carbons (Fsp3) is 0.176. The SMILES string of the molecule is COc1cccc(C=NNC(=O)COc2cccc(Cl)c2)c1OC. The van der Waals surface area contributed by atoms with E-state index in [-0.39, 0.29) is 6.61 Å². The van der Waals surface area contributed by atoms with Gasteiger partial charge >= 0.3 is 0 Å². The van der Waals surface area contributed by atoms with Crippen molar-refractivity contribution in [2.24, 2.45) is 5.10 Å². The molecule has 0 bridgehead atoms. The van der Waals surface area contributed by atoms with E-state index < -0.39 is 5.91 Å². The first-order valence-corrected chi connectivity index (χ1v) is 7.43. The Bertz CT molecular complexity index is 734. The summed E-state index contributed by atoms with van der Waals surface area (Å²) < 4.78 is 15.8. The van der Waals surface area contributed by atoms with Crippen LogP contribution in [0.25, 0.3) is 0 Å². The molecule has 2 aromatic rings. The second kappa shape index (κ2) is 8.79. The zero-order chi connectivity index (χ0) is 17.4. The molecule has 0 aromatic heterocycles. The number of carbonyl (C=O) groups is 1. The van der Waals surface area contributed by atoms with Crippen molar-refractivity contribution in [2.75, 3.05) is 20.8 Å². The van der Waals surface area contributed by atoms with Crippen LogP contribution in [0.15, 0.2) is 47.6 Å². The summed E-state index contributed by atoms with van der Waals surface area (Å²) in [5.74, 6) is 1.23. The van der Waals surface area contributed by atoms with Crippen LogP contribution in [0.3, 0.4) is 0 Å². The van der Waals surface area contributed by atoms with Crippen LogP contribution in [0.1, 0.15) is 5.56 Å². The number of benzene rings is 2. The van der Waals surface area contributed by atoms with Gasteiger partial charge in [0.25, 0.3) is 5.91 Å². The lowest BCUT2D eigenvalue weighted by Crippen LogP contribution is -2.24. The summed E-state index contributed by atoms with van der Waals surface area (Å²) in [4.78, 5) is 11.7. The smallest absolute Gasteiger partial charge is 0.277 e. The molecule has 0 heterocycles. The lowest BCUT2D eigenvalue weighted by molar-refractivity contribution is -0.123. The Labute approximate surface area is 145 Å². The average Bonchev–Trinajstić information content (AvgIpc) is 2.59.